The number of ether oxygens (including phenoxy) is 1. The zero-order valence-electron chi connectivity index (χ0n) is 16.4. The minimum atomic E-state index is 0.0718. The van der Waals surface area contributed by atoms with E-state index >= 15 is 0 Å². The molecule has 2 aliphatic carbocycles. The second kappa shape index (κ2) is 7.75. The summed E-state index contributed by atoms with van der Waals surface area (Å²) in [6.45, 7) is 2.71. The summed E-state index contributed by atoms with van der Waals surface area (Å²) in [5, 5.41) is 4.74. The fraction of sp³-hybridized carbons (Fsp3) is 0.545. The fourth-order valence-corrected chi connectivity index (χ4v) is 4.56. The van der Waals surface area contributed by atoms with Crippen molar-refractivity contribution in [3.05, 3.63) is 46.8 Å². The molecule has 4 rings (SSSR count). The summed E-state index contributed by atoms with van der Waals surface area (Å²) in [6, 6.07) is 8.17. The molecule has 1 aromatic heterocycles. The van der Waals surface area contributed by atoms with Crippen LogP contribution in [0.3, 0.4) is 0 Å². The van der Waals surface area contributed by atoms with Crippen molar-refractivity contribution in [3.8, 4) is 5.75 Å². The number of carbonyl (C=O) groups is 1. The summed E-state index contributed by atoms with van der Waals surface area (Å²) < 4.78 is 7.87. The van der Waals surface area contributed by atoms with E-state index in [2.05, 4.69) is 0 Å². The highest BCUT2D eigenvalue weighted by atomic mass is 16.5. The second-order valence-corrected chi connectivity index (χ2v) is 7.86. The van der Waals surface area contributed by atoms with Crippen molar-refractivity contribution < 1.29 is 9.53 Å². The number of para-hydroxylation sites is 1. The van der Waals surface area contributed by atoms with Crippen LogP contribution < -0.4 is 4.74 Å². The standard InChI is InChI=1S/C22H29N3O2/c1-16-8-3-6-13-21(16)27-15-22(26)25(17-9-4-5-10-17)14-19-18-11-7-12-20(18)24(2)23-19/h3,6,8,13,17H,4-5,7,9-12,14-15H2,1-2H3. The third-order valence-electron chi connectivity index (χ3n) is 6.05. The molecule has 0 bridgehead atoms. The maximum atomic E-state index is 13.1. The van der Waals surface area contributed by atoms with Crippen LogP contribution in [0.4, 0.5) is 0 Å². The minimum Gasteiger partial charge on any atom is -0.484 e. The molecule has 0 saturated heterocycles. The Hall–Kier alpha value is -2.30. The van der Waals surface area contributed by atoms with Gasteiger partial charge in [0.25, 0.3) is 5.91 Å². The number of benzene rings is 1. The van der Waals surface area contributed by atoms with Gasteiger partial charge in [-0.2, -0.15) is 5.10 Å². The molecule has 144 valence electrons. The Balaban J connectivity index is 1.50. The van der Waals surface area contributed by atoms with Gasteiger partial charge in [0.05, 0.1) is 12.2 Å². The highest BCUT2D eigenvalue weighted by Gasteiger charge is 2.30. The number of hydrogen-bond donors (Lipinski definition) is 0. The maximum absolute atomic E-state index is 13.1. The number of aromatic nitrogens is 2. The molecule has 0 N–H and O–H groups in total. The summed E-state index contributed by atoms with van der Waals surface area (Å²) in [7, 11) is 2.02. The van der Waals surface area contributed by atoms with E-state index in [1.165, 1.54) is 30.5 Å². The summed E-state index contributed by atoms with van der Waals surface area (Å²) >= 11 is 0. The molecular formula is C22H29N3O2. The first kappa shape index (κ1) is 18.1. The summed E-state index contributed by atoms with van der Waals surface area (Å²) in [5.41, 5.74) is 4.86. The number of aryl methyl sites for hydroxylation is 2. The van der Waals surface area contributed by atoms with E-state index in [4.69, 9.17) is 9.84 Å². The van der Waals surface area contributed by atoms with Crippen LogP contribution in [0.1, 0.15) is 54.6 Å². The van der Waals surface area contributed by atoms with Gasteiger partial charge in [-0.3, -0.25) is 9.48 Å². The van der Waals surface area contributed by atoms with Crippen molar-refractivity contribution >= 4 is 5.91 Å². The molecule has 27 heavy (non-hydrogen) atoms. The maximum Gasteiger partial charge on any atom is 0.261 e. The zero-order chi connectivity index (χ0) is 18.8. The second-order valence-electron chi connectivity index (χ2n) is 7.86. The monoisotopic (exact) mass is 367 g/mol. The molecule has 5 heteroatoms. The van der Waals surface area contributed by atoms with Crippen LogP contribution in [0.15, 0.2) is 24.3 Å². The Morgan fingerprint density at radius 3 is 2.78 bits per heavy atom. The van der Waals surface area contributed by atoms with Crippen LogP contribution in [0.5, 0.6) is 5.75 Å². The molecule has 0 atom stereocenters. The number of fused-ring (bicyclic) bond motifs is 1. The molecule has 2 aliphatic rings. The molecule has 0 radical (unpaired) electrons. The third-order valence-corrected chi connectivity index (χ3v) is 6.05. The van der Waals surface area contributed by atoms with Crippen LogP contribution in [0, 0.1) is 6.92 Å². The van der Waals surface area contributed by atoms with Crippen LogP contribution in [0.25, 0.3) is 0 Å². The van der Waals surface area contributed by atoms with Crippen molar-refractivity contribution in [2.45, 2.75) is 64.5 Å². The van der Waals surface area contributed by atoms with E-state index in [0.29, 0.717) is 12.6 Å². The Kier molecular flexibility index (Phi) is 5.19. The number of carbonyl (C=O) groups excluding carboxylic acids is 1. The lowest BCUT2D eigenvalue weighted by molar-refractivity contribution is -0.136. The topological polar surface area (TPSA) is 47.4 Å². The van der Waals surface area contributed by atoms with E-state index in [9.17, 15) is 4.79 Å². The summed E-state index contributed by atoms with van der Waals surface area (Å²) in [6.07, 6.45) is 7.97. The van der Waals surface area contributed by atoms with Gasteiger partial charge in [-0.05, 0) is 56.2 Å². The van der Waals surface area contributed by atoms with E-state index in [-0.39, 0.29) is 12.5 Å². The Labute approximate surface area is 161 Å². The number of nitrogens with zero attached hydrogens (tertiary/aromatic N) is 3. The molecule has 2 aromatic rings. The Morgan fingerprint density at radius 1 is 1.22 bits per heavy atom. The van der Waals surface area contributed by atoms with Crippen LogP contribution in [-0.2, 0) is 31.2 Å². The van der Waals surface area contributed by atoms with Crippen molar-refractivity contribution in [3.63, 3.8) is 0 Å². The van der Waals surface area contributed by atoms with Gasteiger partial charge in [0, 0.05) is 18.8 Å². The molecule has 0 spiro atoms. The van der Waals surface area contributed by atoms with Crippen LogP contribution in [0.2, 0.25) is 0 Å². The van der Waals surface area contributed by atoms with Crippen LogP contribution >= 0.6 is 0 Å². The first-order valence-electron chi connectivity index (χ1n) is 10.1. The lowest BCUT2D eigenvalue weighted by Gasteiger charge is -2.29. The molecular weight excluding hydrogens is 338 g/mol. The van der Waals surface area contributed by atoms with Gasteiger partial charge in [-0.25, -0.2) is 0 Å². The van der Waals surface area contributed by atoms with Crippen molar-refractivity contribution in [2.24, 2.45) is 7.05 Å². The average molecular weight is 367 g/mol. The number of hydrogen-bond acceptors (Lipinski definition) is 3. The molecule has 1 aromatic carbocycles. The molecule has 0 unspecified atom stereocenters. The number of amides is 1. The van der Waals surface area contributed by atoms with Crippen molar-refractivity contribution in [1.29, 1.82) is 0 Å². The van der Waals surface area contributed by atoms with Gasteiger partial charge in [0.15, 0.2) is 6.61 Å². The predicted molar refractivity (Wildman–Crippen MR) is 105 cm³/mol. The van der Waals surface area contributed by atoms with E-state index < -0.39 is 0 Å². The molecule has 1 amide bonds. The predicted octanol–water partition coefficient (Wildman–Crippen LogP) is 3.57. The van der Waals surface area contributed by atoms with Crippen molar-refractivity contribution in [1.82, 2.24) is 14.7 Å². The van der Waals surface area contributed by atoms with E-state index in [1.807, 2.05) is 47.8 Å². The molecule has 5 nitrogen and oxygen atoms in total. The molecule has 1 saturated carbocycles. The largest absolute Gasteiger partial charge is 0.484 e. The van der Waals surface area contributed by atoms with Gasteiger partial charge in [0.2, 0.25) is 0 Å². The van der Waals surface area contributed by atoms with Gasteiger partial charge in [-0.15, -0.1) is 0 Å². The normalized spacial score (nSPS) is 16.5. The first-order chi connectivity index (χ1) is 13.1. The Bertz CT molecular complexity index is 821. The molecule has 1 fully saturated rings. The van der Waals surface area contributed by atoms with E-state index in [1.54, 1.807) is 0 Å². The minimum absolute atomic E-state index is 0.0718. The Morgan fingerprint density at radius 2 is 2.00 bits per heavy atom. The lowest BCUT2D eigenvalue weighted by Crippen LogP contribution is -2.41. The summed E-state index contributed by atoms with van der Waals surface area (Å²) in [5.74, 6) is 0.860. The highest BCUT2D eigenvalue weighted by Crippen LogP contribution is 2.29. The van der Waals surface area contributed by atoms with Crippen molar-refractivity contribution in [2.75, 3.05) is 6.61 Å². The first-order valence-corrected chi connectivity index (χ1v) is 10.1. The number of rotatable bonds is 6. The third kappa shape index (κ3) is 3.73. The molecule has 0 aliphatic heterocycles. The highest BCUT2D eigenvalue weighted by molar-refractivity contribution is 5.78. The van der Waals surface area contributed by atoms with E-state index in [0.717, 1.165) is 42.7 Å². The fourth-order valence-electron chi connectivity index (χ4n) is 4.56. The molecule has 1 heterocycles. The van der Waals surface area contributed by atoms with Crippen LogP contribution in [-0.4, -0.2) is 33.2 Å². The smallest absolute Gasteiger partial charge is 0.261 e. The van der Waals surface area contributed by atoms with Gasteiger partial charge < -0.3 is 9.64 Å². The van der Waals surface area contributed by atoms with Gasteiger partial charge in [0.1, 0.15) is 5.75 Å². The zero-order valence-corrected chi connectivity index (χ0v) is 16.4. The SMILES string of the molecule is Cc1ccccc1OCC(=O)N(Cc1nn(C)c2c1CCC2)C1CCCC1. The van der Waals surface area contributed by atoms with Gasteiger partial charge >= 0.3 is 0 Å². The quantitative estimate of drug-likeness (QED) is 0.784. The summed E-state index contributed by atoms with van der Waals surface area (Å²) in [4.78, 5) is 15.1. The van der Waals surface area contributed by atoms with Gasteiger partial charge in [-0.1, -0.05) is 31.0 Å². The average Bonchev–Trinajstić information content (AvgIpc) is 3.39. The lowest BCUT2D eigenvalue weighted by atomic mass is 10.1.